The highest BCUT2D eigenvalue weighted by atomic mass is 79.9. The maximum absolute atomic E-state index is 13.5. The highest BCUT2D eigenvalue weighted by Crippen LogP contribution is 2.27. The maximum Gasteiger partial charge on any atom is 0.252 e. The fourth-order valence-corrected chi connectivity index (χ4v) is 6.14. The number of nitrogens with one attached hydrogen (secondary N) is 1. The number of H-pyrrole nitrogens is 1. The Kier molecular flexibility index (Phi) is 6.11. The molecule has 0 unspecified atom stereocenters. The molecule has 0 radical (unpaired) electrons. The topological polar surface area (TPSA) is 79.5 Å². The summed E-state index contributed by atoms with van der Waals surface area (Å²) < 4.78 is 34.5. The Morgan fingerprint density at radius 2 is 2.00 bits per heavy atom. The summed E-state index contributed by atoms with van der Waals surface area (Å²) in [5, 5.41) is 0.866. The predicted octanol–water partition coefficient (Wildman–Crippen LogP) is 3.97. The van der Waals surface area contributed by atoms with Crippen molar-refractivity contribution >= 4 is 36.9 Å². The molecular weight excluding hydrogens is 468 g/mol. The van der Waals surface area contributed by atoms with Gasteiger partial charge in [-0.25, -0.2) is 8.42 Å². The van der Waals surface area contributed by atoms with Crippen molar-refractivity contribution in [2.24, 2.45) is 0 Å². The van der Waals surface area contributed by atoms with Crippen LogP contribution in [-0.2, 0) is 21.3 Å². The number of halogens is 1. The van der Waals surface area contributed by atoms with E-state index in [0.29, 0.717) is 16.6 Å². The van der Waals surface area contributed by atoms with E-state index >= 15 is 0 Å². The summed E-state index contributed by atoms with van der Waals surface area (Å²) in [4.78, 5) is 15.8. The number of benzene rings is 2. The van der Waals surface area contributed by atoms with E-state index < -0.39 is 10.0 Å². The van der Waals surface area contributed by atoms with Gasteiger partial charge < -0.3 is 9.72 Å². The molecule has 1 atom stereocenters. The van der Waals surface area contributed by atoms with Crippen molar-refractivity contribution in [2.75, 3.05) is 13.2 Å². The van der Waals surface area contributed by atoms with Crippen LogP contribution in [0, 0.1) is 6.92 Å². The number of fused-ring (bicyclic) bond motifs is 1. The summed E-state index contributed by atoms with van der Waals surface area (Å²) in [7, 11) is -3.84. The highest BCUT2D eigenvalue weighted by Gasteiger charge is 2.31. The van der Waals surface area contributed by atoms with Gasteiger partial charge in [0.15, 0.2) is 0 Å². The normalized spacial score (nSPS) is 17.1. The summed E-state index contributed by atoms with van der Waals surface area (Å²) in [6.07, 6.45) is 1.53. The van der Waals surface area contributed by atoms with Gasteiger partial charge in [0.2, 0.25) is 10.0 Å². The average molecular weight is 491 g/mol. The fraction of sp³-hybridized carbons (Fsp3) is 0.318. The van der Waals surface area contributed by atoms with Gasteiger partial charge in [0, 0.05) is 35.2 Å². The number of aromatic nitrogens is 1. The molecule has 1 aromatic heterocycles. The van der Waals surface area contributed by atoms with E-state index in [0.717, 1.165) is 29.3 Å². The summed E-state index contributed by atoms with van der Waals surface area (Å²) in [5.74, 6) is 0. The van der Waals surface area contributed by atoms with E-state index in [4.69, 9.17) is 4.74 Å². The first-order chi connectivity index (χ1) is 14.3. The number of hydrogen-bond donors (Lipinski definition) is 1. The van der Waals surface area contributed by atoms with Crippen molar-refractivity contribution in [3.63, 3.8) is 0 Å². The quantitative estimate of drug-likeness (QED) is 0.566. The standard InChI is InChI=1S/C22H23BrN2O4S/c1-15-8-9-16-12-17(22(26)24-20(16)11-15)13-25(14-18-5-4-10-29-18)30(27,28)21-7-3-2-6-19(21)23/h2-3,6-9,11-12,18H,4-5,10,13-14H2,1H3,(H,24,26)/t18-/m0/s1. The summed E-state index contributed by atoms with van der Waals surface area (Å²) >= 11 is 3.35. The number of nitrogens with zero attached hydrogens (tertiary/aromatic N) is 1. The number of ether oxygens (including phenoxy) is 1. The first kappa shape index (κ1) is 21.2. The summed E-state index contributed by atoms with van der Waals surface area (Å²) in [6.45, 7) is 2.76. The van der Waals surface area contributed by atoms with Crippen LogP contribution in [0.3, 0.4) is 0 Å². The number of aromatic amines is 1. The van der Waals surface area contributed by atoms with Crippen molar-refractivity contribution in [1.82, 2.24) is 9.29 Å². The second-order valence-electron chi connectivity index (χ2n) is 7.58. The van der Waals surface area contributed by atoms with Gasteiger partial charge >= 0.3 is 0 Å². The van der Waals surface area contributed by atoms with E-state index in [2.05, 4.69) is 20.9 Å². The van der Waals surface area contributed by atoms with Crippen LogP contribution in [0.15, 0.2) is 62.7 Å². The van der Waals surface area contributed by atoms with Crippen LogP contribution in [0.1, 0.15) is 24.0 Å². The number of rotatable bonds is 6. The molecule has 8 heteroatoms. The van der Waals surface area contributed by atoms with E-state index in [1.807, 2.05) is 25.1 Å². The molecule has 2 heterocycles. The minimum Gasteiger partial charge on any atom is -0.377 e. The third kappa shape index (κ3) is 4.37. The Hall–Kier alpha value is -2.00. The lowest BCUT2D eigenvalue weighted by molar-refractivity contribution is 0.0925. The van der Waals surface area contributed by atoms with Crippen molar-refractivity contribution < 1.29 is 13.2 Å². The van der Waals surface area contributed by atoms with Crippen LogP contribution in [0.5, 0.6) is 0 Å². The third-order valence-corrected chi connectivity index (χ3v) is 8.13. The molecule has 0 amide bonds. The zero-order valence-corrected chi connectivity index (χ0v) is 19.0. The van der Waals surface area contributed by atoms with Crippen molar-refractivity contribution in [1.29, 1.82) is 0 Å². The van der Waals surface area contributed by atoms with Crippen LogP contribution in [0.25, 0.3) is 10.9 Å². The summed E-state index contributed by atoms with van der Waals surface area (Å²) in [5.41, 5.74) is 1.90. The Bertz CT molecular complexity index is 1230. The smallest absolute Gasteiger partial charge is 0.252 e. The third-order valence-electron chi connectivity index (χ3n) is 5.31. The fourth-order valence-electron chi connectivity index (χ4n) is 3.72. The second-order valence-corrected chi connectivity index (χ2v) is 10.3. The zero-order chi connectivity index (χ0) is 21.3. The van der Waals surface area contributed by atoms with Crippen LogP contribution in [0.2, 0.25) is 0 Å². The van der Waals surface area contributed by atoms with E-state index in [-0.39, 0.29) is 29.6 Å². The molecule has 0 aliphatic carbocycles. The van der Waals surface area contributed by atoms with Crippen molar-refractivity contribution in [3.8, 4) is 0 Å². The Labute approximate surface area is 184 Å². The number of sulfonamides is 1. The number of aryl methyl sites for hydroxylation is 1. The Morgan fingerprint density at radius 3 is 2.73 bits per heavy atom. The molecule has 1 N–H and O–H groups in total. The SMILES string of the molecule is Cc1ccc2cc(CN(C[C@@H]3CCCO3)S(=O)(=O)c3ccccc3Br)c(=O)[nH]c2c1. The van der Waals surface area contributed by atoms with E-state index in [1.54, 1.807) is 30.3 Å². The molecule has 6 nitrogen and oxygen atoms in total. The van der Waals surface area contributed by atoms with Crippen LogP contribution >= 0.6 is 15.9 Å². The molecule has 1 aliphatic rings. The molecule has 1 saturated heterocycles. The van der Waals surface area contributed by atoms with Gasteiger partial charge in [-0.3, -0.25) is 4.79 Å². The lowest BCUT2D eigenvalue weighted by Gasteiger charge is -2.25. The average Bonchev–Trinajstić information content (AvgIpc) is 3.21. The van der Waals surface area contributed by atoms with Crippen molar-refractivity contribution in [2.45, 2.75) is 37.3 Å². The molecular formula is C22H23BrN2O4S. The molecule has 1 aliphatic heterocycles. The predicted molar refractivity (Wildman–Crippen MR) is 120 cm³/mol. The molecule has 2 aromatic carbocycles. The Morgan fingerprint density at radius 1 is 1.20 bits per heavy atom. The first-order valence-corrected chi connectivity index (χ1v) is 12.1. The van der Waals surface area contributed by atoms with Gasteiger partial charge in [-0.05, 0) is 70.9 Å². The first-order valence-electron chi connectivity index (χ1n) is 9.83. The van der Waals surface area contributed by atoms with Gasteiger partial charge in [0.05, 0.1) is 11.0 Å². The number of pyridine rings is 1. The Balaban J connectivity index is 1.74. The van der Waals surface area contributed by atoms with Crippen LogP contribution in [-0.4, -0.2) is 37.0 Å². The molecule has 3 aromatic rings. The van der Waals surface area contributed by atoms with Crippen LogP contribution < -0.4 is 5.56 Å². The second kappa shape index (κ2) is 8.63. The van der Waals surface area contributed by atoms with Crippen LogP contribution in [0.4, 0.5) is 0 Å². The minimum absolute atomic E-state index is 0.0251. The zero-order valence-electron chi connectivity index (χ0n) is 16.6. The minimum atomic E-state index is -3.84. The highest BCUT2D eigenvalue weighted by molar-refractivity contribution is 9.10. The van der Waals surface area contributed by atoms with E-state index in [1.165, 1.54) is 4.31 Å². The van der Waals surface area contributed by atoms with Gasteiger partial charge in [-0.2, -0.15) is 4.31 Å². The molecule has 0 bridgehead atoms. The van der Waals surface area contributed by atoms with Gasteiger partial charge in [0.1, 0.15) is 0 Å². The van der Waals surface area contributed by atoms with Gasteiger partial charge in [0.25, 0.3) is 5.56 Å². The lowest BCUT2D eigenvalue weighted by atomic mass is 10.1. The molecule has 1 fully saturated rings. The number of hydrogen-bond acceptors (Lipinski definition) is 4. The molecule has 30 heavy (non-hydrogen) atoms. The molecule has 0 saturated carbocycles. The molecule has 4 rings (SSSR count). The van der Waals surface area contributed by atoms with E-state index in [9.17, 15) is 13.2 Å². The monoisotopic (exact) mass is 490 g/mol. The lowest BCUT2D eigenvalue weighted by Crippen LogP contribution is -2.38. The van der Waals surface area contributed by atoms with Gasteiger partial charge in [-0.1, -0.05) is 24.3 Å². The van der Waals surface area contributed by atoms with Gasteiger partial charge in [-0.15, -0.1) is 0 Å². The summed E-state index contributed by atoms with van der Waals surface area (Å²) in [6, 6.07) is 14.3. The largest absolute Gasteiger partial charge is 0.377 e. The maximum atomic E-state index is 13.5. The molecule has 158 valence electrons. The molecule has 0 spiro atoms. The van der Waals surface area contributed by atoms with Crippen molar-refractivity contribution in [3.05, 3.63) is 74.5 Å².